The first-order valence-corrected chi connectivity index (χ1v) is 9.71. The predicted molar refractivity (Wildman–Crippen MR) is 109 cm³/mol. The zero-order chi connectivity index (χ0) is 19.6. The standard InChI is InChI=1S/C20H33N5O2/c1-5-21-19(24-11-13-25(14-12-24)20(26)27-6-2)22-15-17-9-7-8-10-18(17)16-23(3)4/h7-10H,5-6,11-16H2,1-4H3,(H,21,22). The Hall–Kier alpha value is -2.28. The van der Waals surface area contributed by atoms with Gasteiger partial charge in [0.05, 0.1) is 13.2 Å². The molecule has 7 nitrogen and oxygen atoms in total. The van der Waals surface area contributed by atoms with Crippen LogP contribution in [0.25, 0.3) is 0 Å². The van der Waals surface area contributed by atoms with Crippen LogP contribution in [-0.4, -0.2) is 80.2 Å². The van der Waals surface area contributed by atoms with Gasteiger partial charge >= 0.3 is 6.09 Å². The highest BCUT2D eigenvalue weighted by Crippen LogP contribution is 2.12. The van der Waals surface area contributed by atoms with Crippen LogP contribution in [0.5, 0.6) is 0 Å². The molecule has 150 valence electrons. The van der Waals surface area contributed by atoms with Crippen LogP contribution in [0.2, 0.25) is 0 Å². The van der Waals surface area contributed by atoms with Crippen LogP contribution in [0.3, 0.4) is 0 Å². The molecule has 1 aliphatic rings. The van der Waals surface area contributed by atoms with Crippen LogP contribution >= 0.6 is 0 Å². The fourth-order valence-electron chi connectivity index (χ4n) is 3.11. The van der Waals surface area contributed by atoms with Crippen molar-refractivity contribution in [2.45, 2.75) is 26.9 Å². The lowest BCUT2D eigenvalue weighted by Gasteiger charge is -2.36. The summed E-state index contributed by atoms with van der Waals surface area (Å²) in [5.41, 5.74) is 2.54. The smallest absolute Gasteiger partial charge is 0.409 e. The Morgan fingerprint density at radius 2 is 1.74 bits per heavy atom. The van der Waals surface area contributed by atoms with E-state index in [4.69, 9.17) is 9.73 Å². The number of nitrogens with zero attached hydrogens (tertiary/aromatic N) is 4. The third kappa shape index (κ3) is 6.43. The maximum absolute atomic E-state index is 11.9. The number of ether oxygens (including phenoxy) is 1. The van der Waals surface area contributed by atoms with Gasteiger partial charge in [-0.3, -0.25) is 0 Å². The van der Waals surface area contributed by atoms with Gasteiger partial charge in [-0.05, 0) is 39.1 Å². The van der Waals surface area contributed by atoms with Crippen molar-refractivity contribution < 1.29 is 9.53 Å². The molecule has 1 N–H and O–H groups in total. The first-order chi connectivity index (χ1) is 13.0. The van der Waals surface area contributed by atoms with Crippen LogP contribution in [0.15, 0.2) is 29.3 Å². The van der Waals surface area contributed by atoms with Gasteiger partial charge in [0, 0.05) is 39.3 Å². The van der Waals surface area contributed by atoms with Crippen molar-refractivity contribution in [1.82, 2.24) is 20.0 Å². The summed E-state index contributed by atoms with van der Waals surface area (Å²) in [4.78, 5) is 22.9. The van der Waals surface area contributed by atoms with Crippen molar-refractivity contribution in [2.24, 2.45) is 4.99 Å². The molecule has 2 rings (SSSR count). The molecule has 0 radical (unpaired) electrons. The minimum Gasteiger partial charge on any atom is -0.450 e. The second-order valence-electron chi connectivity index (χ2n) is 6.85. The highest BCUT2D eigenvalue weighted by molar-refractivity contribution is 5.80. The van der Waals surface area contributed by atoms with Crippen molar-refractivity contribution in [3.05, 3.63) is 35.4 Å². The molecule has 1 amide bonds. The molecule has 1 aromatic rings. The Balaban J connectivity index is 2.02. The average molecular weight is 376 g/mol. The molecule has 1 aromatic carbocycles. The molecule has 0 aliphatic carbocycles. The summed E-state index contributed by atoms with van der Waals surface area (Å²) in [5.74, 6) is 0.903. The van der Waals surface area contributed by atoms with Crippen LogP contribution < -0.4 is 5.32 Å². The van der Waals surface area contributed by atoms with Gasteiger partial charge in [0.25, 0.3) is 0 Å². The maximum Gasteiger partial charge on any atom is 0.409 e. The van der Waals surface area contributed by atoms with E-state index in [2.05, 4.69) is 60.4 Å². The van der Waals surface area contributed by atoms with E-state index in [9.17, 15) is 4.79 Å². The fourth-order valence-corrected chi connectivity index (χ4v) is 3.11. The number of carbonyl (C=O) groups is 1. The summed E-state index contributed by atoms with van der Waals surface area (Å²) in [6.45, 7) is 9.49. The quantitative estimate of drug-likeness (QED) is 0.609. The Kier molecular flexibility index (Phi) is 8.39. The van der Waals surface area contributed by atoms with Gasteiger partial charge in [-0.15, -0.1) is 0 Å². The highest BCUT2D eigenvalue weighted by Gasteiger charge is 2.23. The summed E-state index contributed by atoms with van der Waals surface area (Å²) in [6, 6.07) is 8.45. The number of hydrogen-bond acceptors (Lipinski definition) is 4. The van der Waals surface area contributed by atoms with E-state index in [0.717, 1.165) is 32.1 Å². The number of benzene rings is 1. The van der Waals surface area contributed by atoms with Crippen LogP contribution in [0.4, 0.5) is 4.79 Å². The lowest BCUT2D eigenvalue weighted by atomic mass is 10.1. The van der Waals surface area contributed by atoms with Gasteiger partial charge < -0.3 is 24.8 Å². The summed E-state index contributed by atoms with van der Waals surface area (Å²) in [6.07, 6.45) is -0.225. The molecule has 1 fully saturated rings. The van der Waals surface area contributed by atoms with E-state index in [1.165, 1.54) is 11.1 Å². The number of aliphatic imine (C=N–C) groups is 1. The number of guanidine groups is 1. The van der Waals surface area contributed by atoms with Gasteiger partial charge in [0.15, 0.2) is 5.96 Å². The minimum absolute atomic E-state index is 0.225. The summed E-state index contributed by atoms with van der Waals surface area (Å²) in [5, 5.41) is 3.38. The van der Waals surface area contributed by atoms with Crippen LogP contribution in [0.1, 0.15) is 25.0 Å². The third-order valence-electron chi connectivity index (χ3n) is 4.44. The molecule has 0 bridgehead atoms. The van der Waals surface area contributed by atoms with Crippen molar-refractivity contribution in [3.8, 4) is 0 Å². The monoisotopic (exact) mass is 375 g/mol. The molecule has 0 atom stereocenters. The summed E-state index contributed by atoms with van der Waals surface area (Å²) >= 11 is 0. The lowest BCUT2D eigenvalue weighted by molar-refractivity contribution is 0.0914. The van der Waals surface area contributed by atoms with E-state index in [1.807, 2.05) is 6.92 Å². The Bertz CT molecular complexity index is 625. The predicted octanol–water partition coefficient (Wildman–Crippen LogP) is 1.99. The molecule has 1 saturated heterocycles. The largest absolute Gasteiger partial charge is 0.450 e. The van der Waals surface area contributed by atoms with E-state index in [0.29, 0.717) is 26.2 Å². The van der Waals surface area contributed by atoms with Gasteiger partial charge in [-0.25, -0.2) is 9.79 Å². The van der Waals surface area contributed by atoms with Gasteiger partial charge in [0.2, 0.25) is 0 Å². The van der Waals surface area contributed by atoms with E-state index in [1.54, 1.807) is 4.90 Å². The second kappa shape index (κ2) is 10.8. The van der Waals surface area contributed by atoms with Crippen molar-refractivity contribution in [2.75, 3.05) is 53.4 Å². The molecular formula is C20H33N5O2. The molecular weight excluding hydrogens is 342 g/mol. The first-order valence-electron chi connectivity index (χ1n) is 9.71. The minimum atomic E-state index is -0.225. The zero-order valence-electron chi connectivity index (χ0n) is 17.1. The lowest BCUT2D eigenvalue weighted by Crippen LogP contribution is -2.53. The maximum atomic E-state index is 11.9. The van der Waals surface area contributed by atoms with Crippen molar-refractivity contribution >= 4 is 12.1 Å². The SMILES string of the molecule is CCNC(=NCc1ccccc1CN(C)C)N1CCN(C(=O)OCC)CC1. The number of piperazine rings is 1. The van der Waals surface area contributed by atoms with Crippen molar-refractivity contribution in [1.29, 1.82) is 0 Å². The average Bonchev–Trinajstić information content (AvgIpc) is 2.66. The van der Waals surface area contributed by atoms with Gasteiger partial charge in [-0.2, -0.15) is 0 Å². The molecule has 7 heteroatoms. The first kappa shape index (κ1) is 21.0. The summed E-state index contributed by atoms with van der Waals surface area (Å²) in [7, 11) is 4.15. The number of amides is 1. The Morgan fingerprint density at radius 1 is 1.11 bits per heavy atom. The molecule has 1 heterocycles. The van der Waals surface area contributed by atoms with E-state index >= 15 is 0 Å². The molecule has 0 unspecified atom stereocenters. The second-order valence-corrected chi connectivity index (χ2v) is 6.85. The molecule has 0 spiro atoms. The topological polar surface area (TPSA) is 60.4 Å². The fraction of sp³-hybridized carbons (Fsp3) is 0.600. The Morgan fingerprint density at radius 3 is 2.33 bits per heavy atom. The van der Waals surface area contributed by atoms with Gasteiger partial charge in [-0.1, -0.05) is 24.3 Å². The molecule has 0 saturated carbocycles. The third-order valence-corrected chi connectivity index (χ3v) is 4.44. The van der Waals surface area contributed by atoms with Crippen LogP contribution in [-0.2, 0) is 17.8 Å². The number of carbonyl (C=O) groups excluding carboxylic acids is 1. The van der Waals surface area contributed by atoms with E-state index in [-0.39, 0.29) is 6.09 Å². The van der Waals surface area contributed by atoms with Gasteiger partial charge in [0.1, 0.15) is 0 Å². The number of nitrogens with one attached hydrogen (secondary N) is 1. The zero-order valence-corrected chi connectivity index (χ0v) is 17.1. The van der Waals surface area contributed by atoms with Crippen molar-refractivity contribution in [3.63, 3.8) is 0 Å². The normalized spacial score (nSPS) is 15.2. The Labute approximate surface area is 163 Å². The van der Waals surface area contributed by atoms with E-state index < -0.39 is 0 Å². The van der Waals surface area contributed by atoms with Crippen LogP contribution in [0, 0.1) is 0 Å². The molecule has 1 aliphatic heterocycles. The molecule has 0 aromatic heterocycles. The molecule has 27 heavy (non-hydrogen) atoms. The number of hydrogen-bond donors (Lipinski definition) is 1. The number of rotatable bonds is 6. The summed E-state index contributed by atoms with van der Waals surface area (Å²) < 4.78 is 5.09. The highest BCUT2D eigenvalue weighted by atomic mass is 16.6.